The Hall–Kier alpha value is -0.940. The minimum atomic E-state index is -0.809. The minimum Gasteiger partial charge on any atom is -0.479 e. The van der Waals surface area contributed by atoms with Crippen LogP contribution >= 0.6 is 11.8 Å². The highest BCUT2D eigenvalue weighted by molar-refractivity contribution is 8.00. The molecule has 0 aliphatic carbocycles. The molecule has 0 saturated carbocycles. The Morgan fingerprint density at radius 2 is 2.62 bits per heavy atom. The van der Waals surface area contributed by atoms with E-state index in [1.54, 1.807) is 12.5 Å². The standard InChI is InChI=1S/C8H9NO3S/c10-8(11)7-9-6(4-13-7)5-1-2-12-3-5/h1-3,6-7,9H,4H2,(H,10,11). The summed E-state index contributed by atoms with van der Waals surface area (Å²) < 4.78 is 4.93. The summed E-state index contributed by atoms with van der Waals surface area (Å²) in [6.07, 6.45) is 3.23. The van der Waals surface area contributed by atoms with Crippen molar-refractivity contribution < 1.29 is 14.3 Å². The van der Waals surface area contributed by atoms with Gasteiger partial charge in [-0.25, -0.2) is 4.79 Å². The Balaban J connectivity index is 2.03. The third-order valence-electron chi connectivity index (χ3n) is 1.95. The second kappa shape index (κ2) is 3.43. The van der Waals surface area contributed by atoms with Crippen LogP contribution in [0.1, 0.15) is 11.6 Å². The number of aliphatic carboxylic acids is 1. The molecular formula is C8H9NO3S. The maximum absolute atomic E-state index is 10.6. The lowest BCUT2D eigenvalue weighted by molar-refractivity contribution is -0.137. The molecule has 13 heavy (non-hydrogen) atoms. The second-order valence-corrected chi connectivity index (χ2v) is 3.97. The minimum absolute atomic E-state index is 0.102. The van der Waals surface area contributed by atoms with E-state index in [1.807, 2.05) is 6.07 Å². The largest absolute Gasteiger partial charge is 0.479 e. The van der Waals surface area contributed by atoms with Crippen molar-refractivity contribution in [2.75, 3.05) is 5.75 Å². The van der Waals surface area contributed by atoms with Crippen LogP contribution in [0.15, 0.2) is 23.0 Å². The molecule has 1 aliphatic rings. The molecule has 1 aromatic rings. The summed E-state index contributed by atoms with van der Waals surface area (Å²) >= 11 is 1.40. The normalized spacial score (nSPS) is 27.7. The zero-order valence-corrected chi connectivity index (χ0v) is 7.58. The molecule has 1 aromatic heterocycles. The van der Waals surface area contributed by atoms with E-state index in [9.17, 15) is 4.79 Å². The number of carboxylic acids is 1. The molecule has 2 N–H and O–H groups in total. The molecule has 2 unspecified atom stereocenters. The summed E-state index contributed by atoms with van der Waals surface area (Å²) in [4.78, 5) is 10.6. The molecule has 4 nitrogen and oxygen atoms in total. The predicted molar refractivity (Wildman–Crippen MR) is 48.5 cm³/mol. The van der Waals surface area contributed by atoms with E-state index in [2.05, 4.69) is 5.32 Å². The van der Waals surface area contributed by atoms with Crippen LogP contribution in [0.4, 0.5) is 0 Å². The van der Waals surface area contributed by atoms with Crippen molar-refractivity contribution in [2.45, 2.75) is 11.4 Å². The predicted octanol–water partition coefficient (Wildman–Crippen LogP) is 1.07. The lowest BCUT2D eigenvalue weighted by Crippen LogP contribution is -2.30. The molecule has 2 heterocycles. The van der Waals surface area contributed by atoms with E-state index in [-0.39, 0.29) is 6.04 Å². The molecule has 0 aromatic carbocycles. The fourth-order valence-corrected chi connectivity index (χ4v) is 2.36. The first-order valence-corrected chi connectivity index (χ1v) is 4.95. The zero-order valence-electron chi connectivity index (χ0n) is 6.77. The highest BCUT2D eigenvalue weighted by atomic mass is 32.2. The van der Waals surface area contributed by atoms with Gasteiger partial charge in [0.2, 0.25) is 0 Å². The van der Waals surface area contributed by atoms with Crippen LogP contribution in [-0.2, 0) is 4.79 Å². The van der Waals surface area contributed by atoms with Gasteiger partial charge in [-0.3, -0.25) is 5.32 Å². The van der Waals surface area contributed by atoms with E-state index in [0.717, 1.165) is 11.3 Å². The van der Waals surface area contributed by atoms with E-state index in [0.29, 0.717) is 0 Å². The molecule has 2 atom stereocenters. The van der Waals surface area contributed by atoms with Crippen molar-refractivity contribution in [1.29, 1.82) is 0 Å². The second-order valence-electron chi connectivity index (χ2n) is 2.83. The average Bonchev–Trinajstić information content (AvgIpc) is 2.75. The van der Waals surface area contributed by atoms with Gasteiger partial charge < -0.3 is 9.52 Å². The molecular weight excluding hydrogens is 190 g/mol. The van der Waals surface area contributed by atoms with E-state index < -0.39 is 11.3 Å². The van der Waals surface area contributed by atoms with Crippen LogP contribution in [0.25, 0.3) is 0 Å². The van der Waals surface area contributed by atoms with Gasteiger partial charge in [0.25, 0.3) is 0 Å². The topological polar surface area (TPSA) is 62.5 Å². The van der Waals surface area contributed by atoms with Gasteiger partial charge in [-0.15, -0.1) is 11.8 Å². The molecule has 1 saturated heterocycles. The lowest BCUT2D eigenvalue weighted by atomic mass is 10.2. The van der Waals surface area contributed by atoms with Crippen molar-refractivity contribution >= 4 is 17.7 Å². The monoisotopic (exact) mass is 199 g/mol. The number of nitrogens with one attached hydrogen (secondary N) is 1. The number of furan rings is 1. The van der Waals surface area contributed by atoms with Crippen molar-refractivity contribution in [3.63, 3.8) is 0 Å². The van der Waals surface area contributed by atoms with Crippen LogP contribution in [0.5, 0.6) is 0 Å². The first-order valence-electron chi connectivity index (χ1n) is 3.90. The first kappa shape index (κ1) is 8.65. The van der Waals surface area contributed by atoms with Gasteiger partial charge in [0.1, 0.15) is 0 Å². The summed E-state index contributed by atoms with van der Waals surface area (Å²) in [6.45, 7) is 0. The number of thioether (sulfide) groups is 1. The maximum Gasteiger partial charge on any atom is 0.331 e. The van der Waals surface area contributed by atoms with Crippen LogP contribution in [0.2, 0.25) is 0 Å². The fourth-order valence-electron chi connectivity index (χ4n) is 1.28. The zero-order chi connectivity index (χ0) is 9.26. The Labute approximate surface area is 79.3 Å². The van der Waals surface area contributed by atoms with Crippen molar-refractivity contribution in [1.82, 2.24) is 5.32 Å². The average molecular weight is 199 g/mol. The third kappa shape index (κ3) is 1.71. The van der Waals surface area contributed by atoms with Gasteiger partial charge in [0, 0.05) is 17.4 Å². The maximum atomic E-state index is 10.6. The van der Waals surface area contributed by atoms with Gasteiger partial charge in [0.05, 0.1) is 12.5 Å². The molecule has 0 radical (unpaired) electrons. The quantitative estimate of drug-likeness (QED) is 0.746. The SMILES string of the molecule is O=C(O)C1NC(c2ccoc2)CS1. The summed E-state index contributed by atoms with van der Waals surface area (Å²) in [5.74, 6) is -0.0350. The van der Waals surface area contributed by atoms with Crippen molar-refractivity contribution in [2.24, 2.45) is 0 Å². The van der Waals surface area contributed by atoms with Gasteiger partial charge in [0.15, 0.2) is 5.37 Å². The molecule has 1 aliphatic heterocycles. The van der Waals surface area contributed by atoms with Gasteiger partial charge in [-0.05, 0) is 6.07 Å². The van der Waals surface area contributed by atoms with Gasteiger partial charge >= 0.3 is 5.97 Å². The Kier molecular flexibility index (Phi) is 2.28. The number of hydrogen-bond donors (Lipinski definition) is 2. The Bertz CT molecular complexity index is 298. The van der Waals surface area contributed by atoms with Crippen LogP contribution < -0.4 is 5.32 Å². The smallest absolute Gasteiger partial charge is 0.331 e. The van der Waals surface area contributed by atoms with E-state index in [4.69, 9.17) is 9.52 Å². The third-order valence-corrected chi connectivity index (χ3v) is 3.15. The van der Waals surface area contributed by atoms with Gasteiger partial charge in [-0.2, -0.15) is 0 Å². The first-order chi connectivity index (χ1) is 6.27. The molecule has 1 fully saturated rings. The number of carboxylic acid groups (broad SMARTS) is 1. The molecule has 5 heteroatoms. The van der Waals surface area contributed by atoms with Crippen LogP contribution in [0.3, 0.4) is 0 Å². The molecule has 0 amide bonds. The summed E-state index contributed by atoms with van der Waals surface area (Å²) in [6, 6.07) is 1.95. The summed E-state index contributed by atoms with van der Waals surface area (Å²) in [7, 11) is 0. The lowest BCUT2D eigenvalue weighted by Gasteiger charge is -2.07. The fraction of sp³-hybridized carbons (Fsp3) is 0.375. The van der Waals surface area contributed by atoms with E-state index in [1.165, 1.54) is 11.8 Å². The van der Waals surface area contributed by atoms with Crippen molar-refractivity contribution in [3.8, 4) is 0 Å². The van der Waals surface area contributed by atoms with E-state index >= 15 is 0 Å². The number of rotatable bonds is 2. The van der Waals surface area contributed by atoms with Crippen LogP contribution in [0, 0.1) is 0 Å². The van der Waals surface area contributed by atoms with Gasteiger partial charge in [-0.1, -0.05) is 0 Å². The number of hydrogen-bond acceptors (Lipinski definition) is 4. The molecule has 70 valence electrons. The summed E-state index contributed by atoms with van der Waals surface area (Å²) in [5, 5.41) is 11.2. The molecule has 0 bridgehead atoms. The van der Waals surface area contributed by atoms with Crippen molar-refractivity contribution in [3.05, 3.63) is 24.2 Å². The molecule has 0 spiro atoms. The van der Waals surface area contributed by atoms with Crippen LogP contribution in [-0.4, -0.2) is 22.2 Å². The number of carbonyl (C=O) groups is 1. The Morgan fingerprint density at radius 3 is 3.15 bits per heavy atom. The highest BCUT2D eigenvalue weighted by Gasteiger charge is 2.30. The molecule has 2 rings (SSSR count). The summed E-state index contributed by atoms with van der Waals surface area (Å²) in [5.41, 5.74) is 1.01. The Morgan fingerprint density at radius 1 is 1.77 bits per heavy atom. The highest BCUT2D eigenvalue weighted by Crippen LogP contribution is 2.29.